The summed E-state index contributed by atoms with van der Waals surface area (Å²) in [6.07, 6.45) is -1.76. The summed E-state index contributed by atoms with van der Waals surface area (Å²) in [4.78, 5) is 36.4. The third-order valence-electron chi connectivity index (χ3n) is 4.75. The van der Waals surface area contributed by atoms with Gasteiger partial charge in [0, 0.05) is 12.3 Å². The Hall–Kier alpha value is -2.00. The maximum atomic E-state index is 15.3. The highest BCUT2D eigenvalue weighted by Gasteiger charge is 2.64. The third kappa shape index (κ3) is 2.78. The molecular weight excluding hydrogens is 323 g/mol. The van der Waals surface area contributed by atoms with Gasteiger partial charge in [0.05, 0.1) is 11.5 Å². The van der Waals surface area contributed by atoms with E-state index in [1.165, 1.54) is 20.8 Å². The molecule has 1 saturated heterocycles. The Balaban J connectivity index is 2.45. The van der Waals surface area contributed by atoms with E-state index < -0.39 is 46.2 Å². The lowest BCUT2D eigenvalue weighted by atomic mass is 9.77. The van der Waals surface area contributed by atoms with Gasteiger partial charge in [-0.2, -0.15) is 0 Å². The summed E-state index contributed by atoms with van der Waals surface area (Å²) >= 11 is 0. The number of aromatic nitrogens is 2. The molecule has 0 aliphatic carbocycles. The molecule has 1 aliphatic rings. The number of ether oxygens (including phenoxy) is 1. The predicted molar refractivity (Wildman–Crippen MR) is 81.4 cm³/mol. The summed E-state index contributed by atoms with van der Waals surface area (Å²) in [5.41, 5.74) is -7.24. The first-order chi connectivity index (χ1) is 10.8. The van der Waals surface area contributed by atoms with Crippen LogP contribution in [-0.4, -0.2) is 43.1 Å². The summed E-state index contributed by atoms with van der Waals surface area (Å²) < 4.78 is 21.6. The first-order valence-electron chi connectivity index (χ1n) is 7.42. The second-order valence-corrected chi connectivity index (χ2v) is 7.11. The third-order valence-corrected chi connectivity index (χ3v) is 4.75. The van der Waals surface area contributed by atoms with Gasteiger partial charge in [-0.15, -0.1) is 0 Å². The molecule has 134 valence electrons. The van der Waals surface area contributed by atoms with Gasteiger partial charge in [0.1, 0.15) is 5.60 Å². The summed E-state index contributed by atoms with van der Waals surface area (Å²) in [6.45, 7) is 5.14. The molecule has 1 fully saturated rings. The largest absolute Gasteiger partial charge is 0.481 e. The molecule has 0 saturated carbocycles. The van der Waals surface area contributed by atoms with Gasteiger partial charge in [-0.25, -0.2) is 9.18 Å². The Morgan fingerprint density at radius 2 is 2.04 bits per heavy atom. The number of carbonyl (C=O) groups is 1. The van der Waals surface area contributed by atoms with Gasteiger partial charge in [-0.05, 0) is 34.1 Å². The monoisotopic (exact) mass is 344 g/mol. The number of aromatic amines is 1. The van der Waals surface area contributed by atoms with Crippen LogP contribution in [0.2, 0.25) is 0 Å². The zero-order valence-corrected chi connectivity index (χ0v) is 13.9. The number of halogens is 1. The molecule has 9 heteroatoms. The average molecular weight is 344 g/mol. The van der Waals surface area contributed by atoms with E-state index >= 15 is 4.39 Å². The SMILES string of the molecule is CC(C)(C[C@H]1O[C@@H](n2ccc(=O)[nH]c2=O)[C@](C)(F)[C@]1(C)O)C(=O)O. The van der Waals surface area contributed by atoms with Gasteiger partial charge in [0.15, 0.2) is 11.9 Å². The lowest BCUT2D eigenvalue weighted by Crippen LogP contribution is -2.53. The highest BCUT2D eigenvalue weighted by Crippen LogP contribution is 2.50. The predicted octanol–water partition coefficient (Wildman–Crippen LogP) is 0.414. The molecular formula is C15H21FN2O6. The van der Waals surface area contributed by atoms with Crippen LogP contribution < -0.4 is 11.2 Å². The molecule has 8 nitrogen and oxygen atoms in total. The van der Waals surface area contributed by atoms with Gasteiger partial charge in [-0.1, -0.05) is 0 Å². The second-order valence-electron chi connectivity index (χ2n) is 7.11. The van der Waals surface area contributed by atoms with Crippen molar-refractivity contribution in [2.45, 2.75) is 57.7 Å². The molecule has 0 bridgehead atoms. The number of nitrogens with zero attached hydrogens (tertiary/aromatic N) is 1. The minimum Gasteiger partial charge on any atom is -0.481 e. The molecule has 0 unspecified atom stereocenters. The fraction of sp³-hybridized carbons (Fsp3) is 0.667. The fourth-order valence-corrected chi connectivity index (χ4v) is 2.72. The molecule has 3 N–H and O–H groups in total. The summed E-state index contributed by atoms with van der Waals surface area (Å²) in [5, 5.41) is 19.9. The maximum absolute atomic E-state index is 15.3. The van der Waals surface area contributed by atoms with Crippen LogP contribution in [0.3, 0.4) is 0 Å². The maximum Gasteiger partial charge on any atom is 0.330 e. The highest BCUT2D eigenvalue weighted by molar-refractivity contribution is 5.73. The van der Waals surface area contributed by atoms with E-state index in [2.05, 4.69) is 0 Å². The number of carboxylic acids is 1. The van der Waals surface area contributed by atoms with Gasteiger partial charge in [0.25, 0.3) is 5.56 Å². The van der Waals surface area contributed by atoms with Crippen molar-refractivity contribution in [3.63, 3.8) is 0 Å². The number of nitrogens with one attached hydrogen (secondary N) is 1. The van der Waals surface area contributed by atoms with Crippen molar-refractivity contribution in [2.24, 2.45) is 5.41 Å². The van der Waals surface area contributed by atoms with E-state index in [1.54, 1.807) is 0 Å². The van der Waals surface area contributed by atoms with E-state index in [-0.39, 0.29) is 6.42 Å². The van der Waals surface area contributed by atoms with Crippen molar-refractivity contribution < 1.29 is 24.1 Å². The van der Waals surface area contributed by atoms with E-state index in [9.17, 15) is 24.6 Å². The van der Waals surface area contributed by atoms with E-state index in [1.807, 2.05) is 4.98 Å². The summed E-state index contributed by atoms with van der Waals surface area (Å²) in [7, 11) is 0. The normalized spacial score (nSPS) is 33.6. The molecule has 4 atom stereocenters. The second kappa shape index (κ2) is 5.52. The van der Waals surface area contributed by atoms with Crippen molar-refractivity contribution in [2.75, 3.05) is 0 Å². The van der Waals surface area contributed by atoms with Gasteiger partial charge < -0.3 is 14.9 Å². The van der Waals surface area contributed by atoms with E-state index in [4.69, 9.17) is 4.74 Å². The zero-order valence-electron chi connectivity index (χ0n) is 13.9. The van der Waals surface area contributed by atoms with Crippen molar-refractivity contribution in [1.82, 2.24) is 9.55 Å². The Bertz CT molecular complexity index is 764. The van der Waals surface area contributed by atoms with Crippen LogP contribution >= 0.6 is 0 Å². The Kier molecular flexibility index (Phi) is 4.22. The van der Waals surface area contributed by atoms with Gasteiger partial charge >= 0.3 is 11.7 Å². The molecule has 1 aliphatic heterocycles. The minimum absolute atomic E-state index is 0.163. The lowest BCUT2D eigenvalue weighted by Gasteiger charge is -2.34. The smallest absolute Gasteiger partial charge is 0.330 e. The van der Waals surface area contributed by atoms with Crippen LogP contribution in [0.5, 0.6) is 0 Å². The van der Waals surface area contributed by atoms with Gasteiger partial charge in [-0.3, -0.25) is 19.1 Å². The van der Waals surface area contributed by atoms with Crippen LogP contribution in [0, 0.1) is 5.41 Å². The van der Waals surface area contributed by atoms with Crippen LogP contribution in [-0.2, 0) is 9.53 Å². The topological polar surface area (TPSA) is 122 Å². The fourth-order valence-electron chi connectivity index (χ4n) is 2.72. The first-order valence-corrected chi connectivity index (χ1v) is 7.42. The zero-order chi connectivity index (χ0) is 18.5. The number of rotatable bonds is 4. The standard InChI is InChI=1S/C15H21FN2O6/c1-13(2,11(20)21)7-8-15(4,23)14(3,16)10(24-8)18-6-5-9(19)17-12(18)22/h5-6,8,10,23H,7H2,1-4H3,(H,20,21)(H,17,19,22)/t8-,10-,14+,15-/m1/s1. The van der Waals surface area contributed by atoms with Crippen LogP contribution in [0.1, 0.15) is 40.3 Å². The van der Waals surface area contributed by atoms with Crippen molar-refractivity contribution in [3.8, 4) is 0 Å². The lowest BCUT2D eigenvalue weighted by molar-refractivity contribution is -0.151. The van der Waals surface area contributed by atoms with Crippen molar-refractivity contribution >= 4 is 5.97 Å². The first kappa shape index (κ1) is 18.3. The number of alkyl halides is 1. The van der Waals surface area contributed by atoms with E-state index in [0.717, 1.165) is 23.8 Å². The Morgan fingerprint density at radius 1 is 1.46 bits per heavy atom. The molecule has 2 rings (SSSR count). The summed E-state index contributed by atoms with van der Waals surface area (Å²) in [6, 6.07) is 1.03. The molecule has 0 spiro atoms. The Morgan fingerprint density at radius 3 is 2.54 bits per heavy atom. The van der Waals surface area contributed by atoms with Crippen LogP contribution in [0.4, 0.5) is 4.39 Å². The highest BCUT2D eigenvalue weighted by atomic mass is 19.1. The number of aliphatic hydroxyl groups is 1. The van der Waals surface area contributed by atoms with E-state index in [0.29, 0.717) is 0 Å². The molecule has 1 aromatic rings. The Labute approximate surface area is 136 Å². The molecule has 2 heterocycles. The van der Waals surface area contributed by atoms with Crippen molar-refractivity contribution in [1.29, 1.82) is 0 Å². The number of carboxylic acid groups (broad SMARTS) is 1. The quantitative estimate of drug-likeness (QED) is 0.727. The van der Waals surface area contributed by atoms with Crippen LogP contribution in [0.25, 0.3) is 0 Å². The molecule has 1 aromatic heterocycles. The average Bonchev–Trinajstić information content (AvgIpc) is 2.58. The number of aliphatic carboxylic acids is 1. The number of hydrogen-bond donors (Lipinski definition) is 3. The number of hydrogen-bond acceptors (Lipinski definition) is 5. The number of H-pyrrole nitrogens is 1. The van der Waals surface area contributed by atoms with Crippen molar-refractivity contribution in [3.05, 3.63) is 33.1 Å². The summed E-state index contributed by atoms with van der Waals surface area (Å²) in [5.74, 6) is -1.12. The minimum atomic E-state index is -2.39. The molecule has 0 radical (unpaired) electrons. The molecule has 24 heavy (non-hydrogen) atoms. The molecule has 0 amide bonds. The van der Waals surface area contributed by atoms with Gasteiger partial charge in [0.2, 0.25) is 0 Å². The van der Waals surface area contributed by atoms with Crippen LogP contribution in [0.15, 0.2) is 21.9 Å². The molecule has 0 aromatic carbocycles.